The fourth-order valence-electron chi connectivity index (χ4n) is 4.23. The number of ketones is 1. The molecule has 0 radical (unpaired) electrons. The molecule has 1 fully saturated rings. The summed E-state index contributed by atoms with van der Waals surface area (Å²) in [7, 11) is 0. The Bertz CT molecular complexity index is 587. The van der Waals surface area contributed by atoms with Gasteiger partial charge in [0.15, 0.2) is 5.78 Å². The molecule has 21 heavy (non-hydrogen) atoms. The van der Waals surface area contributed by atoms with Crippen molar-refractivity contribution in [2.45, 2.75) is 58.8 Å². The van der Waals surface area contributed by atoms with Crippen LogP contribution in [0.5, 0.6) is 0 Å². The van der Waals surface area contributed by atoms with E-state index in [2.05, 4.69) is 19.9 Å². The highest BCUT2D eigenvalue weighted by Gasteiger charge is 2.48. The lowest BCUT2D eigenvalue weighted by atomic mass is 9.73. The summed E-state index contributed by atoms with van der Waals surface area (Å²) in [6.45, 7) is 4.26. The van der Waals surface area contributed by atoms with Crippen LogP contribution in [0.2, 0.25) is 10.0 Å². The average molecular weight is 325 g/mol. The van der Waals surface area contributed by atoms with Crippen molar-refractivity contribution in [1.29, 1.82) is 0 Å². The molecule has 3 rings (SSSR count). The zero-order valence-corrected chi connectivity index (χ0v) is 14.3. The van der Waals surface area contributed by atoms with E-state index in [0.717, 1.165) is 30.4 Å². The summed E-state index contributed by atoms with van der Waals surface area (Å²) < 4.78 is 0. The Hall–Kier alpha value is -0.530. The van der Waals surface area contributed by atoms with Crippen LogP contribution in [0.4, 0.5) is 0 Å². The molecule has 0 bridgehead atoms. The van der Waals surface area contributed by atoms with Gasteiger partial charge >= 0.3 is 0 Å². The van der Waals surface area contributed by atoms with Crippen molar-refractivity contribution in [1.82, 2.24) is 0 Å². The van der Waals surface area contributed by atoms with Crippen molar-refractivity contribution in [3.05, 3.63) is 32.8 Å². The largest absolute Gasteiger partial charge is 0.293 e. The summed E-state index contributed by atoms with van der Waals surface area (Å²) in [5.74, 6) is 0.723. The summed E-state index contributed by atoms with van der Waals surface area (Å²) in [4.78, 5) is 13.0. The van der Waals surface area contributed by atoms with Crippen LogP contribution in [0.1, 0.15) is 67.4 Å². The predicted octanol–water partition coefficient (Wildman–Crippen LogP) is 5.88. The summed E-state index contributed by atoms with van der Waals surface area (Å²) in [5.41, 5.74) is 2.64. The fraction of sp³-hybridized carbons (Fsp3) is 0.611. The van der Waals surface area contributed by atoms with Gasteiger partial charge in [-0.15, -0.1) is 0 Å². The fourth-order valence-corrected chi connectivity index (χ4v) is 4.80. The molecule has 1 atom stereocenters. The van der Waals surface area contributed by atoms with E-state index in [1.165, 1.54) is 25.7 Å². The molecule has 1 nitrogen and oxygen atoms in total. The molecule has 0 aromatic heterocycles. The van der Waals surface area contributed by atoms with E-state index in [1.54, 1.807) is 0 Å². The van der Waals surface area contributed by atoms with Crippen LogP contribution in [0.3, 0.4) is 0 Å². The van der Waals surface area contributed by atoms with E-state index in [9.17, 15) is 4.79 Å². The minimum absolute atomic E-state index is 0.222. The van der Waals surface area contributed by atoms with Gasteiger partial charge in [-0.1, -0.05) is 62.4 Å². The highest BCUT2D eigenvalue weighted by molar-refractivity contribution is 6.44. The van der Waals surface area contributed by atoms with Gasteiger partial charge < -0.3 is 0 Å². The molecular formula is C18H22Cl2O. The molecule has 1 aromatic rings. The Balaban J connectivity index is 2.05. The first kappa shape index (κ1) is 15.4. The van der Waals surface area contributed by atoms with E-state index in [1.807, 2.05) is 0 Å². The molecule has 1 saturated carbocycles. The quantitative estimate of drug-likeness (QED) is 0.678. The molecule has 0 amide bonds. The molecule has 114 valence electrons. The molecule has 1 unspecified atom stereocenters. The van der Waals surface area contributed by atoms with Crippen LogP contribution in [-0.4, -0.2) is 5.78 Å². The Morgan fingerprint density at radius 3 is 2.52 bits per heavy atom. The molecule has 0 spiro atoms. The number of rotatable bonds is 3. The van der Waals surface area contributed by atoms with Crippen molar-refractivity contribution >= 4 is 29.0 Å². The van der Waals surface area contributed by atoms with Crippen LogP contribution < -0.4 is 0 Å². The minimum Gasteiger partial charge on any atom is -0.293 e. The number of Topliss-reactive ketones (excluding diaryl/α,β-unsaturated/α-hetero) is 1. The molecule has 0 N–H and O–H groups in total. The summed E-state index contributed by atoms with van der Waals surface area (Å²) in [6.07, 6.45) is 7.62. The van der Waals surface area contributed by atoms with Gasteiger partial charge in [0, 0.05) is 11.0 Å². The lowest BCUT2D eigenvalue weighted by Gasteiger charge is -2.29. The van der Waals surface area contributed by atoms with Gasteiger partial charge in [-0.2, -0.15) is 0 Å². The topological polar surface area (TPSA) is 17.1 Å². The Kier molecular flexibility index (Phi) is 4.09. The van der Waals surface area contributed by atoms with Gasteiger partial charge in [0.1, 0.15) is 0 Å². The number of carbonyl (C=O) groups is 1. The maximum Gasteiger partial charge on any atom is 0.171 e. The van der Waals surface area contributed by atoms with E-state index in [0.29, 0.717) is 21.5 Å². The summed E-state index contributed by atoms with van der Waals surface area (Å²) in [6, 6.07) is 2.13. The number of aryl methyl sites for hydroxylation is 1. The first-order valence-corrected chi connectivity index (χ1v) is 8.79. The minimum atomic E-state index is -0.267. The van der Waals surface area contributed by atoms with E-state index < -0.39 is 0 Å². The second-order valence-electron chi connectivity index (χ2n) is 6.85. The number of carbonyl (C=O) groups excluding carboxylic acids is 1. The maximum atomic E-state index is 13.0. The molecule has 1 aromatic carbocycles. The van der Waals surface area contributed by atoms with Crippen molar-refractivity contribution in [3.63, 3.8) is 0 Å². The normalized spacial score (nSPS) is 25.6. The van der Waals surface area contributed by atoms with Gasteiger partial charge in [-0.25, -0.2) is 0 Å². The second-order valence-corrected chi connectivity index (χ2v) is 7.61. The maximum absolute atomic E-state index is 13.0. The molecule has 3 heteroatoms. The van der Waals surface area contributed by atoms with E-state index >= 15 is 0 Å². The number of hydrogen-bond acceptors (Lipinski definition) is 1. The van der Waals surface area contributed by atoms with Crippen LogP contribution >= 0.6 is 23.2 Å². The number of halogens is 2. The second kappa shape index (κ2) is 5.59. The van der Waals surface area contributed by atoms with E-state index in [4.69, 9.17) is 23.2 Å². The molecule has 0 heterocycles. The number of benzene rings is 1. The number of hydrogen-bond donors (Lipinski definition) is 0. The van der Waals surface area contributed by atoms with Crippen LogP contribution in [-0.2, 0) is 12.8 Å². The first-order valence-electron chi connectivity index (χ1n) is 8.03. The zero-order valence-electron chi connectivity index (χ0n) is 12.8. The third-order valence-electron chi connectivity index (χ3n) is 5.44. The van der Waals surface area contributed by atoms with Crippen molar-refractivity contribution < 1.29 is 4.79 Å². The highest BCUT2D eigenvalue weighted by atomic mass is 35.5. The van der Waals surface area contributed by atoms with Gasteiger partial charge in [-0.3, -0.25) is 4.79 Å². The molecule has 2 aliphatic rings. The predicted molar refractivity (Wildman–Crippen MR) is 88.6 cm³/mol. The first-order chi connectivity index (χ1) is 9.99. The van der Waals surface area contributed by atoms with Crippen molar-refractivity contribution in [3.8, 4) is 0 Å². The monoisotopic (exact) mass is 324 g/mol. The Morgan fingerprint density at radius 1 is 1.24 bits per heavy atom. The SMILES string of the molecule is CCCc1cc2c(c(Cl)c1Cl)C(=O)C(C)(C1CCCC1)C2. The number of fused-ring (bicyclic) bond motifs is 1. The Labute approximate surface area is 137 Å². The summed E-state index contributed by atoms with van der Waals surface area (Å²) in [5, 5.41) is 1.07. The highest BCUT2D eigenvalue weighted by Crippen LogP contribution is 2.51. The third kappa shape index (κ3) is 2.33. The zero-order chi connectivity index (χ0) is 15.2. The summed E-state index contributed by atoms with van der Waals surface area (Å²) >= 11 is 12.8. The molecular weight excluding hydrogens is 303 g/mol. The van der Waals surface area contributed by atoms with Crippen molar-refractivity contribution in [2.24, 2.45) is 11.3 Å². The van der Waals surface area contributed by atoms with Gasteiger partial charge in [-0.05, 0) is 42.7 Å². The average Bonchev–Trinajstić information content (AvgIpc) is 3.05. The van der Waals surface area contributed by atoms with Gasteiger partial charge in [0.05, 0.1) is 10.0 Å². The lowest BCUT2D eigenvalue weighted by molar-refractivity contribution is 0.0744. The van der Waals surface area contributed by atoms with Crippen molar-refractivity contribution in [2.75, 3.05) is 0 Å². The van der Waals surface area contributed by atoms with Crippen LogP contribution in [0.15, 0.2) is 6.07 Å². The molecule has 0 aliphatic heterocycles. The van der Waals surface area contributed by atoms with Gasteiger partial charge in [0.2, 0.25) is 0 Å². The van der Waals surface area contributed by atoms with Gasteiger partial charge in [0.25, 0.3) is 0 Å². The van der Waals surface area contributed by atoms with Crippen LogP contribution in [0.25, 0.3) is 0 Å². The van der Waals surface area contributed by atoms with Crippen LogP contribution in [0, 0.1) is 11.3 Å². The lowest BCUT2D eigenvalue weighted by Crippen LogP contribution is -2.32. The molecule has 2 aliphatic carbocycles. The molecule has 0 saturated heterocycles. The Morgan fingerprint density at radius 2 is 1.90 bits per heavy atom. The van der Waals surface area contributed by atoms with E-state index in [-0.39, 0.29) is 11.2 Å². The smallest absolute Gasteiger partial charge is 0.171 e. The standard InChI is InChI=1S/C18H22Cl2O/c1-3-6-11-9-12-10-18(2,13-7-4-5-8-13)17(21)14(12)16(20)15(11)19/h9,13H,3-8,10H2,1-2H3. The third-order valence-corrected chi connectivity index (χ3v) is 6.35.